The number of carboxylic acid groups (broad SMARTS) is 1. The molecule has 0 bridgehead atoms. The van der Waals surface area contributed by atoms with E-state index in [-0.39, 0.29) is 11.5 Å². The second kappa shape index (κ2) is 4.52. The molecular formula is C11H16N4O4. The third-order valence-electron chi connectivity index (χ3n) is 3.59. The highest BCUT2D eigenvalue weighted by Crippen LogP contribution is 2.36. The third kappa shape index (κ3) is 2.13. The summed E-state index contributed by atoms with van der Waals surface area (Å²) in [4.78, 5) is 23.5. The number of nitrogens with zero attached hydrogens (tertiary/aromatic N) is 4. The maximum Gasteiger partial charge on any atom is 0.330 e. The normalized spacial score (nSPS) is 23.4. The molecule has 1 aromatic heterocycles. The van der Waals surface area contributed by atoms with Gasteiger partial charge in [0.05, 0.1) is 4.92 Å². The van der Waals surface area contributed by atoms with Gasteiger partial charge in [-0.25, -0.2) is 4.79 Å². The quantitative estimate of drug-likeness (QED) is 0.652. The van der Waals surface area contributed by atoms with Crippen LogP contribution in [0.1, 0.15) is 26.2 Å². The molecule has 1 saturated heterocycles. The maximum atomic E-state index is 11.5. The van der Waals surface area contributed by atoms with Crippen LogP contribution < -0.4 is 4.90 Å². The average molecular weight is 268 g/mol. The van der Waals surface area contributed by atoms with Gasteiger partial charge in [0, 0.05) is 13.6 Å². The first-order chi connectivity index (χ1) is 8.86. The highest BCUT2D eigenvalue weighted by molar-refractivity contribution is 5.84. The number of nitro groups is 1. The molecular weight excluding hydrogens is 252 g/mol. The standard InChI is InChI=1S/C11H16N4O4/c1-11(10(16)17)5-3-4-6-14(11)9-8(15(18)19)7-13(2)12-9/h7H,3-6H2,1-2H3,(H,16,17). The Morgan fingerprint density at radius 1 is 1.58 bits per heavy atom. The zero-order valence-electron chi connectivity index (χ0n) is 10.9. The fraction of sp³-hybridized carbons (Fsp3) is 0.636. The van der Waals surface area contributed by atoms with Crippen LogP contribution in [0, 0.1) is 10.1 Å². The Hall–Kier alpha value is -2.12. The Morgan fingerprint density at radius 3 is 2.84 bits per heavy atom. The van der Waals surface area contributed by atoms with Gasteiger partial charge in [0.25, 0.3) is 0 Å². The molecule has 0 aromatic carbocycles. The largest absolute Gasteiger partial charge is 0.480 e. The van der Waals surface area contributed by atoms with E-state index in [9.17, 15) is 20.0 Å². The number of piperidine rings is 1. The van der Waals surface area contributed by atoms with Crippen molar-refractivity contribution in [3.05, 3.63) is 16.3 Å². The third-order valence-corrected chi connectivity index (χ3v) is 3.59. The number of hydrogen-bond acceptors (Lipinski definition) is 5. The van der Waals surface area contributed by atoms with Gasteiger partial charge >= 0.3 is 11.7 Å². The summed E-state index contributed by atoms with van der Waals surface area (Å²) in [6.07, 6.45) is 3.35. The van der Waals surface area contributed by atoms with Gasteiger partial charge < -0.3 is 10.0 Å². The summed E-state index contributed by atoms with van der Waals surface area (Å²) >= 11 is 0. The molecule has 104 valence electrons. The smallest absolute Gasteiger partial charge is 0.330 e. The number of aryl methyl sites for hydroxylation is 1. The first-order valence-corrected chi connectivity index (χ1v) is 6.05. The van der Waals surface area contributed by atoms with Gasteiger partial charge in [-0.3, -0.25) is 14.8 Å². The summed E-state index contributed by atoms with van der Waals surface area (Å²) in [6.45, 7) is 2.05. The van der Waals surface area contributed by atoms with Crippen LogP contribution in [0.5, 0.6) is 0 Å². The number of hydrogen-bond donors (Lipinski definition) is 1. The molecule has 0 aliphatic carbocycles. The summed E-state index contributed by atoms with van der Waals surface area (Å²) in [5, 5.41) is 24.5. The number of aliphatic carboxylic acids is 1. The van der Waals surface area contributed by atoms with Gasteiger partial charge in [-0.1, -0.05) is 0 Å². The molecule has 1 aliphatic heterocycles. The monoisotopic (exact) mass is 268 g/mol. The van der Waals surface area contributed by atoms with Crippen LogP contribution in [0.15, 0.2) is 6.20 Å². The second-order valence-corrected chi connectivity index (χ2v) is 4.96. The minimum absolute atomic E-state index is 0.136. The lowest BCUT2D eigenvalue weighted by Gasteiger charge is -2.41. The summed E-state index contributed by atoms with van der Waals surface area (Å²) in [5.74, 6) is -0.843. The summed E-state index contributed by atoms with van der Waals surface area (Å²) in [6, 6.07) is 0. The van der Waals surface area contributed by atoms with Crippen molar-refractivity contribution in [2.75, 3.05) is 11.4 Å². The van der Waals surface area contributed by atoms with Crippen molar-refractivity contribution >= 4 is 17.5 Å². The number of rotatable bonds is 3. The topological polar surface area (TPSA) is 102 Å². The molecule has 1 N–H and O–H groups in total. The number of anilines is 1. The molecule has 0 radical (unpaired) electrons. The highest BCUT2D eigenvalue weighted by atomic mass is 16.6. The Balaban J connectivity index is 2.49. The van der Waals surface area contributed by atoms with Crippen LogP contribution in [0.2, 0.25) is 0 Å². The predicted molar refractivity (Wildman–Crippen MR) is 67.1 cm³/mol. The molecule has 0 amide bonds. The Morgan fingerprint density at radius 2 is 2.26 bits per heavy atom. The number of carboxylic acids is 1. The first-order valence-electron chi connectivity index (χ1n) is 6.05. The molecule has 0 spiro atoms. The van der Waals surface area contributed by atoms with Crippen molar-refractivity contribution in [1.82, 2.24) is 9.78 Å². The van der Waals surface area contributed by atoms with Crippen molar-refractivity contribution in [1.29, 1.82) is 0 Å². The molecule has 8 nitrogen and oxygen atoms in total. The van der Waals surface area contributed by atoms with E-state index in [0.717, 1.165) is 12.8 Å². The fourth-order valence-electron chi connectivity index (χ4n) is 2.47. The van der Waals surface area contributed by atoms with E-state index in [0.29, 0.717) is 13.0 Å². The maximum absolute atomic E-state index is 11.5. The predicted octanol–water partition coefficient (Wildman–Crippen LogP) is 1.16. The van der Waals surface area contributed by atoms with Crippen molar-refractivity contribution in [3.63, 3.8) is 0 Å². The van der Waals surface area contributed by atoms with Crippen molar-refractivity contribution in [2.45, 2.75) is 31.7 Å². The molecule has 0 saturated carbocycles. The molecule has 19 heavy (non-hydrogen) atoms. The van der Waals surface area contributed by atoms with Gasteiger partial charge in [-0.05, 0) is 26.2 Å². The zero-order valence-corrected chi connectivity index (χ0v) is 10.9. The van der Waals surface area contributed by atoms with E-state index in [4.69, 9.17) is 0 Å². The molecule has 1 fully saturated rings. The van der Waals surface area contributed by atoms with E-state index in [1.807, 2.05) is 0 Å². The fourth-order valence-corrected chi connectivity index (χ4v) is 2.47. The minimum Gasteiger partial charge on any atom is -0.480 e. The highest BCUT2D eigenvalue weighted by Gasteiger charge is 2.44. The molecule has 2 rings (SSSR count). The van der Waals surface area contributed by atoms with E-state index >= 15 is 0 Å². The van der Waals surface area contributed by atoms with Crippen LogP contribution in [0.3, 0.4) is 0 Å². The summed E-state index contributed by atoms with van der Waals surface area (Å²) < 4.78 is 1.34. The van der Waals surface area contributed by atoms with Crippen molar-refractivity contribution in [2.24, 2.45) is 7.05 Å². The van der Waals surface area contributed by atoms with Gasteiger partial charge in [0.2, 0.25) is 5.82 Å². The van der Waals surface area contributed by atoms with E-state index in [1.54, 1.807) is 14.0 Å². The molecule has 1 aliphatic rings. The first kappa shape index (κ1) is 13.3. The van der Waals surface area contributed by atoms with Gasteiger partial charge in [-0.15, -0.1) is 5.10 Å². The lowest BCUT2D eigenvalue weighted by atomic mass is 9.88. The van der Waals surface area contributed by atoms with E-state index < -0.39 is 16.4 Å². The minimum atomic E-state index is -1.14. The SMILES string of the molecule is Cn1cc([N+](=O)[O-])c(N2CCCCC2(C)C(=O)O)n1. The van der Waals surface area contributed by atoms with Crippen LogP contribution >= 0.6 is 0 Å². The van der Waals surface area contributed by atoms with Gasteiger partial charge in [0.1, 0.15) is 11.7 Å². The summed E-state index contributed by atoms with van der Waals surface area (Å²) in [5.41, 5.74) is -1.30. The lowest BCUT2D eigenvalue weighted by molar-refractivity contribution is -0.384. The van der Waals surface area contributed by atoms with E-state index in [2.05, 4.69) is 5.10 Å². The number of aromatic nitrogens is 2. The van der Waals surface area contributed by atoms with Crippen molar-refractivity contribution in [3.8, 4) is 0 Å². The second-order valence-electron chi connectivity index (χ2n) is 4.96. The molecule has 1 aromatic rings. The van der Waals surface area contributed by atoms with Crippen molar-refractivity contribution < 1.29 is 14.8 Å². The van der Waals surface area contributed by atoms with Crippen LogP contribution in [-0.2, 0) is 11.8 Å². The van der Waals surface area contributed by atoms with Crippen LogP contribution in [0.25, 0.3) is 0 Å². The average Bonchev–Trinajstić information content (AvgIpc) is 2.71. The Kier molecular flexibility index (Phi) is 3.17. The van der Waals surface area contributed by atoms with Gasteiger partial charge in [-0.2, -0.15) is 0 Å². The van der Waals surface area contributed by atoms with Gasteiger partial charge in [0.15, 0.2) is 0 Å². The molecule has 8 heteroatoms. The molecule has 1 atom stereocenters. The Labute approximate surface area is 109 Å². The Bertz CT molecular complexity index is 527. The molecule has 1 unspecified atom stereocenters. The lowest BCUT2D eigenvalue weighted by Crippen LogP contribution is -2.55. The van der Waals surface area contributed by atoms with E-state index in [1.165, 1.54) is 15.8 Å². The number of carbonyl (C=O) groups is 1. The van der Waals surface area contributed by atoms with Crippen LogP contribution in [0.4, 0.5) is 11.5 Å². The zero-order chi connectivity index (χ0) is 14.2. The molecule has 2 heterocycles. The van der Waals surface area contributed by atoms with Crippen LogP contribution in [-0.4, -0.2) is 37.9 Å². The summed E-state index contributed by atoms with van der Waals surface area (Å²) in [7, 11) is 1.58.